The average molecular weight is 323 g/mol. The van der Waals surface area contributed by atoms with Crippen molar-refractivity contribution < 1.29 is 4.79 Å². The SMILES string of the molecule is CC(C)[C@@H](NC(=O)c1[nH]ncc1Br)c1ccccn1. The van der Waals surface area contributed by atoms with Crippen LogP contribution in [0.5, 0.6) is 0 Å². The first-order valence-electron chi connectivity index (χ1n) is 6.00. The van der Waals surface area contributed by atoms with Crippen LogP contribution >= 0.6 is 15.9 Å². The second-order valence-electron chi connectivity index (χ2n) is 4.54. The number of nitrogens with zero attached hydrogens (tertiary/aromatic N) is 2. The Morgan fingerprint density at radius 2 is 2.21 bits per heavy atom. The molecule has 0 fully saturated rings. The van der Waals surface area contributed by atoms with Crippen molar-refractivity contribution in [2.24, 2.45) is 5.92 Å². The third-order valence-electron chi connectivity index (χ3n) is 2.78. The van der Waals surface area contributed by atoms with E-state index in [2.05, 4.69) is 36.4 Å². The lowest BCUT2D eigenvalue weighted by atomic mass is 10.00. The van der Waals surface area contributed by atoms with Crippen molar-refractivity contribution in [1.29, 1.82) is 0 Å². The Hall–Kier alpha value is -1.69. The third kappa shape index (κ3) is 3.20. The first kappa shape index (κ1) is 13.7. The Balaban J connectivity index is 2.19. The summed E-state index contributed by atoms with van der Waals surface area (Å²) in [4.78, 5) is 16.5. The van der Waals surface area contributed by atoms with Crippen LogP contribution in [0.2, 0.25) is 0 Å². The molecule has 0 radical (unpaired) electrons. The third-order valence-corrected chi connectivity index (χ3v) is 3.38. The molecule has 2 N–H and O–H groups in total. The molecule has 0 saturated carbocycles. The van der Waals surface area contributed by atoms with E-state index >= 15 is 0 Å². The number of carbonyl (C=O) groups is 1. The molecule has 19 heavy (non-hydrogen) atoms. The van der Waals surface area contributed by atoms with Gasteiger partial charge in [-0.2, -0.15) is 5.10 Å². The number of carbonyl (C=O) groups excluding carboxylic acids is 1. The second kappa shape index (κ2) is 5.97. The van der Waals surface area contributed by atoms with E-state index < -0.39 is 0 Å². The fraction of sp³-hybridized carbons (Fsp3) is 0.308. The van der Waals surface area contributed by atoms with Gasteiger partial charge in [0.1, 0.15) is 5.69 Å². The van der Waals surface area contributed by atoms with Gasteiger partial charge in [0.15, 0.2) is 0 Å². The summed E-state index contributed by atoms with van der Waals surface area (Å²) >= 11 is 3.28. The molecule has 5 nitrogen and oxygen atoms in total. The van der Waals surface area contributed by atoms with E-state index in [1.165, 1.54) is 0 Å². The number of aromatic amines is 1. The van der Waals surface area contributed by atoms with E-state index in [1.54, 1.807) is 12.4 Å². The van der Waals surface area contributed by atoms with Gasteiger partial charge in [0.05, 0.1) is 22.4 Å². The molecule has 0 aromatic carbocycles. The molecule has 0 aliphatic carbocycles. The van der Waals surface area contributed by atoms with Gasteiger partial charge in [0.25, 0.3) is 5.91 Å². The second-order valence-corrected chi connectivity index (χ2v) is 5.40. The van der Waals surface area contributed by atoms with Crippen LogP contribution in [0.15, 0.2) is 35.1 Å². The number of halogens is 1. The normalized spacial score (nSPS) is 12.4. The highest BCUT2D eigenvalue weighted by molar-refractivity contribution is 9.10. The van der Waals surface area contributed by atoms with E-state index in [9.17, 15) is 4.79 Å². The van der Waals surface area contributed by atoms with Gasteiger partial charge >= 0.3 is 0 Å². The Kier molecular flexibility index (Phi) is 4.31. The van der Waals surface area contributed by atoms with Gasteiger partial charge in [-0.1, -0.05) is 19.9 Å². The highest BCUT2D eigenvalue weighted by Gasteiger charge is 2.21. The van der Waals surface area contributed by atoms with Gasteiger partial charge in [-0.15, -0.1) is 0 Å². The minimum Gasteiger partial charge on any atom is -0.342 e. The van der Waals surface area contributed by atoms with Crippen LogP contribution in [0, 0.1) is 5.92 Å². The van der Waals surface area contributed by atoms with Crippen molar-refractivity contribution in [3.8, 4) is 0 Å². The summed E-state index contributed by atoms with van der Waals surface area (Å²) in [5, 5.41) is 9.46. The van der Waals surface area contributed by atoms with Crippen molar-refractivity contribution in [3.05, 3.63) is 46.5 Å². The molecule has 1 amide bonds. The molecule has 100 valence electrons. The molecule has 6 heteroatoms. The fourth-order valence-corrected chi connectivity index (χ4v) is 2.16. The van der Waals surface area contributed by atoms with Gasteiger partial charge in [0, 0.05) is 6.20 Å². The minimum atomic E-state index is -0.200. The van der Waals surface area contributed by atoms with E-state index in [0.29, 0.717) is 10.2 Å². The minimum absolute atomic E-state index is 0.135. The summed E-state index contributed by atoms with van der Waals surface area (Å²) in [5.41, 5.74) is 1.27. The van der Waals surface area contributed by atoms with Gasteiger partial charge in [-0.3, -0.25) is 14.9 Å². The van der Waals surface area contributed by atoms with Gasteiger partial charge < -0.3 is 5.32 Å². The molecule has 2 heterocycles. The van der Waals surface area contributed by atoms with Crippen LogP contribution in [-0.4, -0.2) is 21.1 Å². The predicted octanol–water partition coefficient (Wildman–Crippen LogP) is 2.69. The highest BCUT2D eigenvalue weighted by Crippen LogP contribution is 2.21. The molecular weight excluding hydrogens is 308 g/mol. The monoisotopic (exact) mass is 322 g/mol. The smallest absolute Gasteiger partial charge is 0.271 e. The van der Waals surface area contributed by atoms with E-state index in [-0.39, 0.29) is 17.9 Å². The van der Waals surface area contributed by atoms with Gasteiger partial charge in [0.2, 0.25) is 0 Å². The molecule has 0 saturated heterocycles. The summed E-state index contributed by atoms with van der Waals surface area (Å²) < 4.78 is 0.647. The van der Waals surface area contributed by atoms with Crippen LogP contribution in [0.4, 0.5) is 0 Å². The van der Waals surface area contributed by atoms with E-state index in [4.69, 9.17) is 0 Å². The summed E-state index contributed by atoms with van der Waals surface area (Å²) in [7, 11) is 0. The van der Waals surface area contributed by atoms with Gasteiger partial charge in [-0.25, -0.2) is 0 Å². The molecule has 0 unspecified atom stereocenters. The largest absolute Gasteiger partial charge is 0.342 e. The van der Waals surface area contributed by atoms with Crippen LogP contribution in [0.1, 0.15) is 36.1 Å². The van der Waals surface area contributed by atoms with E-state index in [1.807, 2.05) is 32.0 Å². The quantitative estimate of drug-likeness (QED) is 0.909. The summed E-state index contributed by atoms with van der Waals surface area (Å²) in [6.07, 6.45) is 3.28. The number of rotatable bonds is 4. The molecule has 1 atom stereocenters. The van der Waals surface area contributed by atoms with Crippen molar-refractivity contribution in [2.45, 2.75) is 19.9 Å². The highest BCUT2D eigenvalue weighted by atomic mass is 79.9. The first-order chi connectivity index (χ1) is 9.09. The lowest BCUT2D eigenvalue weighted by Gasteiger charge is -2.21. The zero-order valence-electron chi connectivity index (χ0n) is 10.7. The number of hydrogen-bond acceptors (Lipinski definition) is 3. The molecule has 2 aromatic heterocycles. The molecular formula is C13H15BrN4O. The standard InChI is InChI=1S/C13H15BrN4O/c1-8(2)11(10-5-3-4-6-15-10)17-13(19)12-9(14)7-16-18-12/h3-8,11H,1-2H3,(H,16,18)(H,17,19)/t11-/m1/s1. The maximum absolute atomic E-state index is 12.2. The van der Waals surface area contributed by atoms with Crippen molar-refractivity contribution in [1.82, 2.24) is 20.5 Å². The number of hydrogen-bond donors (Lipinski definition) is 2. The molecule has 0 spiro atoms. The maximum Gasteiger partial charge on any atom is 0.271 e. The van der Waals surface area contributed by atoms with Crippen molar-refractivity contribution in [2.75, 3.05) is 0 Å². The van der Waals surface area contributed by atoms with E-state index in [0.717, 1.165) is 5.69 Å². The number of pyridine rings is 1. The van der Waals surface area contributed by atoms with Crippen molar-refractivity contribution in [3.63, 3.8) is 0 Å². The molecule has 2 rings (SSSR count). The van der Waals surface area contributed by atoms with Crippen LogP contribution in [0.25, 0.3) is 0 Å². The average Bonchev–Trinajstić information content (AvgIpc) is 2.82. The number of nitrogens with one attached hydrogen (secondary N) is 2. The predicted molar refractivity (Wildman–Crippen MR) is 75.6 cm³/mol. The van der Waals surface area contributed by atoms with Crippen LogP contribution in [-0.2, 0) is 0 Å². The molecule has 2 aromatic rings. The lowest BCUT2D eigenvalue weighted by molar-refractivity contribution is 0.0918. The Morgan fingerprint density at radius 1 is 1.42 bits per heavy atom. The van der Waals surface area contributed by atoms with Crippen molar-refractivity contribution >= 4 is 21.8 Å². The zero-order chi connectivity index (χ0) is 13.8. The Morgan fingerprint density at radius 3 is 2.74 bits per heavy atom. The van der Waals surface area contributed by atoms with Crippen LogP contribution < -0.4 is 5.32 Å². The Bertz CT molecular complexity index is 553. The molecule has 0 aliphatic rings. The zero-order valence-corrected chi connectivity index (χ0v) is 12.3. The van der Waals surface area contributed by atoms with Crippen LogP contribution in [0.3, 0.4) is 0 Å². The summed E-state index contributed by atoms with van der Waals surface area (Å²) in [5.74, 6) is 0.0364. The number of H-pyrrole nitrogens is 1. The number of amides is 1. The maximum atomic E-state index is 12.2. The first-order valence-corrected chi connectivity index (χ1v) is 6.79. The summed E-state index contributed by atoms with van der Waals surface area (Å²) in [6, 6.07) is 5.54. The molecule has 0 bridgehead atoms. The fourth-order valence-electron chi connectivity index (χ4n) is 1.79. The summed E-state index contributed by atoms with van der Waals surface area (Å²) in [6.45, 7) is 4.09. The topological polar surface area (TPSA) is 70.7 Å². The number of aromatic nitrogens is 3. The van der Waals surface area contributed by atoms with Gasteiger partial charge in [-0.05, 0) is 34.0 Å². The molecule has 0 aliphatic heterocycles. The Labute approximate surface area is 120 Å². The lowest BCUT2D eigenvalue weighted by Crippen LogP contribution is -2.32.